The summed E-state index contributed by atoms with van der Waals surface area (Å²) in [6, 6.07) is 5.36. The predicted molar refractivity (Wildman–Crippen MR) is 84.1 cm³/mol. The maximum absolute atomic E-state index is 11.6. The van der Waals surface area contributed by atoms with Crippen molar-refractivity contribution in [2.24, 2.45) is 0 Å². The van der Waals surface area contributed by atoms with E-state index in [0.717, 1.165) is 38.5 Å². The number of ether oxygens (including phenoxy) is 2. The van der Waals surface area contributed by atoms with Gasteiger partial charge in [0.1, 0.15) is 30.7 Å². The van der Waals surface area contributed by atoms with Crippen LogP contribution in [0.4, 0.5) is 0 Å². The first kappa shape index (κ1) is 15.6. The molecule has 1 aliphatic rings. The van der Waals surface area contributed by atoms with Crippen LogP contribution in [0.15, 0.2) is 30.9 Å². The van der Waals surface area contributed by atoms with Crippen LogP contribution >= 0.6 is 0 Å². The molecule has 1 aromatic carbocycles. The third kappa shape index (κ3) is 3.94. The van der Waals surface area contributed by atoms with Gasteiger partial charge in [-0.15, -0.1) is 0 Å². The van der Waals surface area contributed by atoms with Gasteiger partial charge in [0.2, 0.25) is 0 Å². The highest BCUT2D eigenvalue weighted by molar-refractivity contribution is 5.94. The van der Waals surface area contributed by atoms with Crippen molar-refractivity contribution < 1.29 is 14.3 Å². The molecule has 122 valence electrons. The Morgan fingerprint density at radius 3 is 2.87 bits per heavy atom. The van der Waals surface area contributed by atoms with E-state index in [0.29, 0.717) is 17.9 Å². The average molecular weight is 316 g/mol. The second kappa shape index (κ2) is 7.34. The van der Waals surface area contributed by atoms with Crippen molar-refractivity contribution in [3.63, 3.8) is 0 Å². The quantitative estimate of drug-likeness (QED) is 0.746. The summed E-state index contributed by atoms with van der Waals surface area (Å²) >= 11 is 0. The van der Waals surface area contributed by atoms with Crippen molar-refractivity contribution in [2.75, 3.05) is 39.5 Å². The van der Waals surface area contributed by atoms with Gasteiger partial charge in [0.15, 0.2) is 5.78 Å². The molecule has 23 heavy (non-hydrogen) atoms. The molecule has 3 rings (SSSR count). The lowest BCUT2D eigenvalue weighted by Gasteiger charge is -2.26. The molecule has 1 saturated heterocycles. The Hall–Kier alpha value is -2.25. The van der Waals surface area contributed by atoms with Crippen LogP contribution in [0.2, 0.25) is 0 Å². The zero-order chi connectivity index (χ0) is 16.1. The number of nitrogens with zero attached hydrogens (tertiary/aromatic N) is 4. The van der Waals surface area contributed by atoms with E-state index in [4.69, 9.17) is 9.47 Å². The Balaban J connectivity index is 1.72. The van der Waals surface area contributed by atoms with Crippen LogP contribution in [0, 0.1) is 0 Å². The van der Waals surface area contributed by atoms with Crippen LogP contribution in [-0.2, 0) is 4.74 Å². The highest BCUT2D eigenvalue weighted by Gasteiger charge is 2.13. The second-order valence-electron chi connectivity index (χ2n) is 5.38. The van der Waals surface area contributed by atoms with Gasteiger partial charge in [0.25, 0.3) is 0 Å². The molecule has 2 heterocycles. The first-order valence-corrected chi connectivity index (χ1v) is 7.67. The van der Waals surface area contributed by atoms with Gasteiger partial charge in [-0.25, -0.2) is 9.67 Å². The topological polar surface area (TPSA) is 69.5 Å². The van der Waals surface area contributed by atoms with Crippen molar-refractivity contribution >= 4 is 5.78 Å². The molecule has 2 aromatic rings. The SMILES string of the molecule is CC(=O)c1ccc(-n2cncn2)c(OCCN2CCOCC2)c1. The van der Waals surface area contributed by atoms with E-state index in [2.05, 4.69) is 15.0 Å². The molecule has 0 amide bonds. The number of Topliss-reactive ketones (excluding diaryl/α,β-unsaturated/α-hetero) is 1. The highest BCUT2D eigenvalue weighted by atomic mass is 16.5. The van der Waals surface area contributed by atoms with Crippen molar-refractivity contribution in [3.8, 4) is 11.4 Å². The van der Waals surface area contributed by atoms with Crippen molar-refractivity contribution in [2.45, 2.75) is 6.92 Å². The molecule has 0 unspecified atom stereocenters. The summed E-state index contributed by atoms with van der Waals surface area (Å²) < 4.78 is 12.9. The van der Waals surface area contributed by atoms with Crippen LogP contribution in [0.3, 0.4) is 0 Å². The number of carbonyl (C=O) groups excluding carboxylic acids is 1. The summed E-state index contributed by atoms with van der Waals surface area (Å²) in [6.07, 6.45) is 3.08. The molecule has 7 nitrogen and oxygen atoms in total. The summed E-state index contributed by atoms with van der Waals surface area (Å²) in [5.41, 5.74) is 1.39. The second-order valence-corrected chi connectivity index (χ2v) is 5.38. The van der Waals surface area contributed by atoms with Gasteiger partial charge in [0.05, 0.1) is 13.2 Å². The molecule has 1 aliphatic heterocycles. The standard InChI is InChI=1S/C16H20N4O3/c1-13(21)14-2-3-15(20-12-17-11-18-20)16(10-14)23-9-6-19-4-7-22-8-5-19/h2-3,10-12H,4-9H2,1H3. The van der Waals surface area contributed by atoms with Crippen LogP contribution in [0.1, 0.15) is 17.3 Å². The van der Waals surface area contributed by atoms with Gasteiger partial charge in [-0.1, -0.05) is 0 Å². The summed E-state index contributed by atoms with van der Waals surface area (Å²) in [4.78, 5) is 17.9. The van der Waals surface area contributed by atoms with Gasteiger partial charge >= 0.3 is 0 Å². The molecular formula is C16H20N4O3. The molecule has 0 radical (unpaired) electrons. The molecule has 1 aromatic heterocycles. The summed E-state index contributed by atoms with van der Waals surface area (Å²) in [5, 5.41) is 4.13. The van der Waals surface area contributed by atoms with E-state index in [1.54, 1.807) is 30.1 Å². The van der Waals surface area contributed by atoms with Gasteiger partial charge < -0.3 is 9.47 Å². The van der Waals surface area contributed by atoms with E-state index in [9.17, 15) is 4.79 Å². The van der Waals surface area contributed by atoms with E-state index in [1.165, 1.54) is 6.33 Å². The van der Waals surface area contributed by atoms with Gasteiger partial charge in [-0.2, -0.15) is 5.10 Å². The summed E-state index contributed by atoms with van der Waals surface area (Å²) in [7, 11) is 0. The minimum Gasteiger partial charge on any atom is -0.490 e. The molecule has 0 N–H and O–H groups in total. The van der Waals surface area contributed by atoms with Gasteiger partial charge in [-0.05, 0) is 25.1 Å². The average Bonchev–Trinajstić information content (AvgIpc) is 3.10. The van der Waals surface area contributed by atoms with Crippen LogP contribution in [0.5, 0.6) is 5.75 Å². The number of rotatable bonds is 6. The molecule has 0 saturated carbocycles. The fourth-order valence-electron chi connectivity index (χ4n) is 2.48. The zero-order valence-corrected chi connectivity index (χ0v) is 13.1. The monoisotopic (exact) mass is 316 g/mol. The largest absolute Gasteiger partial charge is 0.490 e. The Kier molecular flexibility index (Phi) is 4.99. The fourth-order valence-corrected chi connectivity index (χ4v) is 2.48. The third-order valence-electron chi connectivity index (χ3n) is 3.80. The normalized spacial score (nSPS) is 15.5. The summed E-state index contributed by atoms with van der Waals surface area (Å²) in [6.45, 7) is 6.29. The summed E-state index contributed by atoms with van der Waals surface area (Å²) in [5.74, 6) is 0.643. The minimum atomic E-state index is 0.00756. The molecule has 0 aliphatic carbocycles. The Labute approximate surface area is 134 Å². The van der Waals surface area contributed by atoms with Crippen molar-refractivity contribution in [3.05, 3.63) is 36.4 Å². The first-order valence-electron chi connectivity index (χ1n) is 7.67. The van der Waals surface area contributed by atoms with Gasteiger partial charge in [-0.3, -0.25) is 9.69 Å². The van der Waals surface area contributed by atoms with E-state index >= 15 is 0 Å². The number of hydrogen-bond acceptors (Lipinski definition) is 6. The molecule has 0 atom stereocenters. The molecule has 7 heteroatoms. The smallest absolute Gasteiger partial charge is 0.159 e. The number of benzene rings is 1. The van der Waals surface area contributed by atoms with Crippen LogP contribution < -0.4 is 4.74 Å². The number of aromatic nitrogens is 3. The van der Waals surface area contributed by atoms with E-state index in [-0.39, 0.29) is 5.78 Å². The van der Waals surface area contributed by atoms with Crippen LogP contribution in [0.25, 0.3) is 5.69 Å². The Bertz CT molecular complexity index is 651. The lowest BCUT2D eigenvalue weighted by Crippen LogP contribution is -2.38. The molecule has 1 fully saturated rings. The lowest BCUT2D eigenvalue weighted by molar-refractivity contribution is 0.0322. The molecule has 0 bridgehead atoms. The maximum Gasteiger partial charge on any atom is 0.159 e. The number of carbonyl (C=O) groups is 1. The Morgan fingerprint density at radius 1 is 1.35 bits per heavy atom. The molecule has 0 spiro atoms. The minimum absolute atomic E-state index is 0.00756. The maximum atomic E-state index is 11.6. The van der Waals surface area contributed by atoms with Crippen molar-refractivity contribution in [1.82, 2.24) is 19.7 Å². The molecular weight excluding hydrogens is 296 g/mol. The number of morpholine rings is 1. The zero-order valence-electron chi connectivity index (χ0n) is 13.1. The third-order valence-corrected chi connectivity index (χ3v) is 3.80. The van der Waals surface area contributed by atoms with Crippen LogP contribution in [-0.4, -0.2) is 64.9 Å². The van der Waals surface area contributed by atoms with E-state index in [1.807, 2.05) is 6.07 Å². The van der Waals surface area contributed by atoms with Gasteiger partial charge in [0, 0.05) is 25.2 Å². The van der Waals surface area contributed by atoms with E-state index < -0.39 is 0 Å². The lowest BCUT2D eigenvalue weighted by atomic mass is 10.1. The fraction of sp³-hybridized carbons (Fsp3) is 0.438. The van der Waals surface area contributed by atoms with Crippen molar-refractivity contribution in [1.29, 1.82) is 0 Å². The number of hydrogen-bond donors (Lipinski definition) is 0. The predicted octanol–water partition coefficient (Wildman–Crippen LogP) is 1.18. The Morgan fingerprint density at radius 2 is 2.17 bits per heavy atom. The first-order chi connectivity index (χ1) is 11.2. The number of ketones is 1. The highest BCUT2D eigenvalue weighted by Crippen LogP contribution is 2.24.